The number of hydrogen-bond donors (Lipinski definition) is 16. The summed E-state index contributed by atoms with van der Waals surface area (Å²) in [5, 5.41) is 173. The normalized spacial score (nSPS) is 54.0. The molecule has 10 rings (SSSR count). The molecule has 10 aliphatic rings. The second-order valence-electron chi connectivity index (χ2n) is 29.1. The second kappa shape index (κ2) is 25.2. The molecular formula is C60H98O27. The van der Waals surface area contributed by atoms with E-state index in [9.17, 15) is 86.5 Å². The lowest BCUT2D eigenvalue weighted by Gasteiger charge is -2.71. The molecule has 4 saturated carbocycles. The molecule has 0 spiro atoms. The van der Waals surface area contributed by atoms with Crippen molar-refractivity contribution in [3.63, 3.8) is 0 Å². The highest BCUT2D eigenvalue weighted by atomic mass is 16.8. The Morgan fingerprint density at radius 3 is 1.57 bits per heavy atom. The van der Waals surface area contributed by atoms with Gasteiger partial charge in [0.15, 0.2) is 25.2 Å². The molecule has 0 amide bonds. The van der Waals surface area contributed by atoms with E-state index in [0.717, 1.165) is 19.3 Å². The van der Waals surface area contributed by atoms with Gasteiger partial charge in [0.25, 0.3) is 0 Å². The molecule has 5 heterocycles. The SMILES string of the molecule is CC1OC(OC2C(OC3C(OC4CCC5(C)C(CCC6(C)C5CC=C5C7CC(C)(C)CCC7(C(=O)OC7OC(CO)C(O)C(O)C7O)CCC56C)C4(C)C)OC(CO)C(OC4OC(CO)C(O)C(O)C4O)C3O)OC(CO)C(O)C2O)C(O)C(O)C1O. The minimum Gasteiger partial charge on any atom is -0.432 e. The zero-order chi connectivity index (χ0) is 63.6. The van der Waals surface area contributed by atoms with Gasteiger partial charge in [-0.15, -0.1) is 0 Å². The van der Waals surface area contributed by atoms with Gasteiger partial charge in [-0.05, 0) is 116 Å². The van der Waals surface area contributed by atoms with E-state index in [0.29, 0.717) is 44.9 Å². The van der Waals surface area contributed by atoms with Crippen LogP contribution in [0.25, 0.3) is 0 Å². The van der Waals surface area contributed by atoms with Gasteiger partial charge in [-0.25, -0.2) is 0 Å². The third kappa shape index (κ3) is 11.4. The number of aliphatic hydroxyl groups is 16. The number of carbonyl (C=O) groups is 1. The largest absolute Gasteiger partial charge is 0.432 e. The summed E-state index contributed by atoms with van der Waals surface area (Å²) >= 11 is 0. The molecular weight excluding hydrogens is 1150 g/mol. The van der Waals surface area contributed by atoms with Crippen molar-refractivity contribution in [2.75, 3.05) is 26.4 Å². The van der Waals surface area contributed by atoms with Crippen LogP contribution in [-0.2, 0) is 52.2 Å². The maximum Gasteiger partial charge on any atom is 0.315 e. The summed E-state index contributed by atoms with van der Waals surface area (Å²) < 4.78 is 61.3. The van der Waals surface area contributed by atoms with Crippen LogP contribution in [0.3, 0.4) is 0 Å². The molecule has 87 heavy (non-hydrogen) atoms. The number of hydrogen-bond acceptors (Lipinski definition) is 27. The Kier molecular flexibility index (Phi) is 19.7. The fourth-order valence-corrected chi connectivity index (χ4v) is 17.9. The van der Waals surface area contributed by atoms with E-state index in [-0.39, 0.29) is 39.4 Å². The predicted molar refractivity (Wildman–Crippen MR) is 294 cm³/mol. The Morgan fingerprint density at radius 2 is 0.966 bits per heavy atom. The van der Waals surface area contributed by atoms with Crippen LogP contribution >= 0.6 is 0 Å². The van der Waals surface area contributed by atoms with Crippen LogP contribution in [0, 0.1) is 50.2 Å². The van der Waals surface area contributed by atoms with Gasteiger partial charge in [0.2, 0.25) is 6.29 Å². The first-order chi connectivity index (χ1) is 40.8. The zero-order valence-corrected chi connectivity index (χ0v) is 50.9. The Balaban J connectivity index is 0.936. The maximum absolute atomic E-state index is 14.9. The van der Waals surface area contributed by atoms with E-state index in [4.69, 9.17) is 47.4 Å². The number of carbonyl (C=O) groups excluding carboxylic acids is 1. The lowest BCUT2D eigenvalue weighted by Crippen LogP contribution is -2.68. The van der Waals surface area contributed by atoms with E-state index >= 15 is 0 Å². The fraction of sp³-hybridized carbons (Fsp3) is 0.950. The van der Waals surface area contributed by atoms with Crippen LogP contribution < -0.4 is 0 Å². The summed E-state index contributed by atoms with van der Waals surface area (Å²) in [6, 6.07) is 0. The Morgan fingerprint density at radius 1 is 0.483 bits per heavy atom. The highest BCUT2D eigenvalue weighted by Gasteiger charge is 2.71. The molecule has 9 fully saturated rings. The van der Waals surface area contributed by atoms with Crippen molar-refractivity contribution in [2.45, 2.75) is 279 Å². The van der Waals surface area contributed by atoms with E-state index in [1.807, 2.05) is 0 Å². The molecule has 0 aromatic carbocycles. The first kappa shape index (κ1) is 68.1. The van der Waals surface area contributed by atoms with Gasteiger partial charge in [-0.2, -0.15) is 0 Å². The average molecular weight is 1250 g/mol. The summed E-state index contributed by atoms with van der Waals surface area (Å²) in [5.74, 6) is -0.646. The fourth-order valence-electron chi connectivity index (χ4n) is 17.9. The summed E-state index contributed by atoms with van der Waals surface area (Å²) in [4.78, 5) is 14.9. The second-order valence-corrected chi connectivity index (χ2v) is 29.1. The quantitative estimate of drug-likeness (QED) is 0.0463. The molecule has 5 saturated heterocycles. The van der Waals surface area contributed by atoms with Gasteiger partial charge in [0.05, 0.1) is 44.1 Å². The molecule has 5 aliphatic heterocycles. The predicted octanol–water partition coefficient (Wildman–Crippen LogP) is -3.18. The van der Waals surface area contributed by atoms with Crippen molar-refractivity contribution in [3.05, 3.63) is 11.6 Å². The lowest BCUT2D eigenvalue weighted by atomic mass is 9.33. The van der Waals surface area contributed by atoms with Gasteiger partial charge in [0, 0.05) is 0 Å². The number of esters is 1. The van der Waals surface area contributed by atoms with Crippen molar-refractivity contribution >= 4 is 5.97 Å². The van der Waals surface area contributed by atoms with E-state index in [2.05, 4.69) is 54.5 Å². The van der Waals surface area contributed by atoms with Crippen LogP contribution in [0.15, 0.2) is 11.6 Å². The van der Waals surface area contributed by atoms with Gasteiger partial charge in [-0.1, -0.05) is 60.1 Å². The van der Waals surface area contributed by atoms with Crippen LogP contribution in [0.1, 0.15) is 120 Å². The van der Waals surface area contributed by atoms with Gasteiger partial charge in [0.1, 0.15) is 116 Å². The number of aliphatic hydroxyl groups excluding tert-OH is 16. The zero-order valence-electron chi connectivity index (χ0n) is 50.9. The summed E-state index contributed by atoms with van der Waals surface area (Å²) in [6.45, 7) is 13.9. The number of allylic oxidation sites excluding steroid dienone is 2. The molecule has 0 aromatic heterocycles. The molecule has 5 aliphatic carbocycles. The minimum atomic E-state index is -1.98. The maximum atomic E-state index is 14.9. The number of ether oxygens (including phenoxy) is 10. The molecule has 33 atom stereocenters. The Labute approximate surface area is 506 Å². The third-order valence-electron chi connectivity index (χ3n) is 23.5. The van der Waals surface area contributed by atoms with Gasteiger partial charge in [-0.3, -0.25) is 4.79 Å². The van der Waals surface area contributed by atoms with Crippen LogP contribution in [-0.4, -0.2) is 274 Å². The Hall–Kier alpha value is -1.79. The summed E-state index contributed by atoms with van der Waals surface area (Å²) in [6.07, 6.45) is -34.6. The molecule has 27 nitrogen and oxygen atoms in total. The van der Waals surface area contributed by atoms with E-state index in [1.54, 1.807) is 0 Å². The molecule has 0 bridgehead atoms. The molecule has 0 radical (unpaired) electrons. The topological polar surface area (TPSA) is 433 Å². The number of fused-ring (bicyclic) bond motifs is 7. The molecule has 33 unspecified atom stereocenters. The molecule has 500 valence electrons. The average Bonchev–Trinajstić information content (AvgIpc) is 0.681. The van der Waals surface area contributed by atoms with Gasteiger partial charge >= 0.3 is 5.97 Å². The number of rotatable bonds is 14. The monoisotopic (exact) mass is 1250 g/mol. The Bertz CT molecular complexity index is 2420. The molecule has 16 N–H and O–H groups in total. The van der Waals surface area contributed by atoms with Crippen molar-refractivity contribution in [2.24, 2.45) is 50.2 Å². The van der Waals surface area contributed by atoms with E-state index in [1.165, 1.54) is 12.5 Å². The van der Waals surface area contributed by atoms with Crippen molar-refractivity contribution in [1.82, 2.24) is 0 Å². The van der Waals surface area contributed by atoms with Crippen molar-refractivity contribution in [1.29, 1.82) is 0 Å². The first-order valence-electron chi connectivity index (χ1n) is 31.2. The minimum absolute atomic E-state index is 0.00596. The summed E-state index contributed by atoms with van der Waals surface area (Å²) in [7, 11) is 0. The van der Waals surface area contributed by atoms with Crippen molar-refractivity contribution < 1.29 is 134 Å². The van der Waals surface area contributed by atoms with Crippen LogP contribution in [0.5, 0.6) is 0 Å². The molecule has 27 heteroatoms. The third-order valence-corrected chi connectivity index (χ3v) is 23.5. The lowest BCUT2D eigenvalue weighted by molar-refractivity contribution is -0.407. The smallest absolute Gasteiger partial charge is 0.315 e. The molecule has 0 aromatic rings. The highest BCUT2D eigenvalue weighted by Crippen LogP contribution is 2.76. The summed E-state index contributed by atoms with van der Waals surface area (Å²) in [5.41, 5.74) is -1.54. The van der Waals surface area contributed by atoms with Crippen LogP contribution in [0.4, 0.5) is 0 Å². The van der Waals surface area contributed by atoms with E-state index < -0.39 is 203 Å². The standard InChI is InChI=1S/C60H98O27/c1-24-34(65)38(69)42(73)49(78-24)85-47-41(72)37(68)29(22-63)81-53(47)86-48-45(76)46(84-50-43(74)39(70)35(66)27(20-61)79-50)30(23-64)82-52(48)83-33-12-13-57(6)31(56(33,4)5)11-14-59(8)32(57)10-9-25-26-19-55(2,3)15-17-60(26,18-16-58(25,59)7)54(77)87-51-44(75)40(71)36(67)28(21-62)80-51/h9,24,26-53,61-76H,10-23H2,1-8H3. The first-order valence-corrected chi connectivity index (χ1v) is 31.2. The van der Waals surface area contributed by atoms with Gasteiger partial charge < -0.3 is 129 Å². The van der Waals surface area contributed by atoms with Crippen molar-refractivity contribution in [3.8, 4) is 0 Å². The highest BCUT2D eigenvalue weighted by molar-refractivity contribution is 5.79. The van der Waals surface area contributed by atoms with Crippen LogP contribution in [0.2, 0.25) is 0 Å².